The Kier molecular flexibility index (Phi) is 4.66. The van der Waals surface area contributed by atoms with Crippen molar-refractivity contribution in [1.82, 2.24) is 5.43 Å². The molecule has 0 aliphatic carbocycles. The second kappa shape index (κ2) is 6.89. The van der Waals surface area contributed by atoms with Gasteiger partial charge in [0.05, 0.1) is 6.21 Å². The predicted octanol–water partition coefficient (Wildman–Crippen LogP) is 4.90. The van der Waals surface area contributed by atoms with Crippen LogP contribution in [0.5, 0.6) is 0 Å². The summed E-state index contributed by atoms with van der Waals surface area (Å²) in [5, 5.41) is 6.37. The highest BCUT2D eigenvalue weighted by Gasteiger charge is 2.14. The molecule has 0 bridgehead atoms. The van der Waals surface area contributed by atoms with Crippen LogP contribution in [0.25, 0.3) is 10.8 Å². The van der Waals surface area contributed by atoms with Gasteiger partial charge in [0.15, 0.2) is 0 Å². The van der Waals surface area contributed by atoms with E-state index >= 15 is 0 Å². The Labute approximate surface area is 148 Å². The van der Waals surface area contributed by atoms with Crippen molar-refractivity contribution in [3.05, 3.63) is 83.4 Å². The Bertz CT molecular complexity index is 913. The Hall–Kier alpha value is -2.94. The van der Waals surface area contributed by atoms with Crippen LogP contribution in [0.2, 0.25) is 0 Å². The summed E-state index contributed by atoms with van der Waals surface area (Å²) in [6.07, 6.45) is 1.68. The minimum absolute atomic E-state index is 0.0710. The van der Waals surface area contributed by atoms with Crippen LogP contribution in [0.1, 0.15) is 42.3 Å². The highest BCUT2D eigenvalue weighted by molar-refractivity contribution is 6.00. The van der Waals surface area contributed by atoms with E-state index in [1.54, 1.807) is 6.21 Å². The number of hydrogen-bond acceptors (Lipinski definition) is 2. The molecule has 3 nitrogen and oxygen atoms in total. The summed E-state index contributed by atoms with van der Waals surface area (Å²) in [4.78, 5) is 12.2. The molecule has 0 fully saturated rings. The zero-order chi connectivity index (χ0) is 17.9. The molecule has 0 aromatic heterocycles. The SMILES string of the molecule is CC(C)(C)c1ccc(C(=O)N/N=C/c2cccc3ccccc23)cc1. The molecule has 0 saturated carbocycles. The maximum Gasteiger partial charge on any atom is 0.271 e. The van der Waals surface area contributed by atoms with Crippen molar-refractivity contribution in [2.75, 3.05) is 0 Å². The molecule has 126 valence electrons. The molecule has 0 radical (unpaired) electrons. The van der Waals surface area contributed by atoms with Gasteiger partial charge >= 0.3 is 0 Å². The van der Waals surface area contributed by atoms with E-state index in [0.717, 1.165) is 16.3 Å². The third-order valence-corrected chi connectivity index (χ3v) is 4.21. The fourth-order valence-corrected chi connectivity index (χ4v) is 2.71. The Morgan fingerprint density at radius 1 is 0.920 bits per heavy atom. The van der Waals surface area contributed by atoms with Crippen molar-refractivity contribution >= 4 is 22.9 Å². The summed E-state index contributed by atoms with van der Waals surface area (Å²) in [5.41, 5.74) is 5.44. The predicted molar refractivity (Wildman–Crippen MR) is 104 cm³/mol. The molecule has 0 atom stereocenters. The fraction of sp³-hybridized carbons (Fsp3) is 0.182. The Balaban J connectivity index is 1.72. The molecule has 0 aliphatic heterocycles. The number of hydrazone groups is 1. The highest BCUT2D eigenvalue weighted by atomic mass is 16.2. The van der Waals surface area contributed by atoms with Crippen LogP contribution in [0.4, 0.5) is 0 Å². The lowest BCUT2D eigenvalue weighted by atomic mass is 9.87. The van der Waals surface area contributed by atoms with E-state index in [2.05, 4.69) is 43.4 Å². The first-order chi connectivity index (χ1) is 11.9. The van der Waals surface area contributed by atoms with E-state index in [9.17, 15) is 4.79 Å². The lowest BCUT2D eigenvalue weighted by Crippen LogP contribution is -2.18. The smallest absolute Gasteiger partial charge is 0.267 e. The molecule has 3 aromatic carbocycles. The van der Waals surface area contributed by atoms with Gasteiger partial charge in [-0.05, 0) is 33.9 Å². The van der Waals surface area contributed by atoms with Crippen LogP contribution in [-0.4, -0.2) is 12.1 Å². The summed E-state index contributed by atoms with van der Waals surface area (Å²) in [5.74, 6) is -0.211. The minimum Gasteiger partial charge on any atom is -0.267 e. The number of amides is 1. The molecular weight excluding hydrogens is 308 g/mol. The second-order valence-electron chi connectivity index (χ2n) is 7.09. The van der Waals surface area contributed by atoms with Crippen LogP contribution >= 0.6 is 0 Å². The first-order valence-corrected chi connectivity index (χ1v) is 8.37. The van der Waals surface area contributed by atoms with Crippen molar-refractivity contribution in [2.24, 2.45) is 5.10 Å². The van der Waals surface area contributed by atoms with Crippen LogP contribution in [-0.2, 0) is 5.41 Å². The largest absolute Gasteiger partial charge is 0.271 e. The number of benzene rings is 3. The average molecular weight is 330 g/mol. The summed E-state index contributed by atoms with van der Waals surface area (Å²) < 4.78 is 0. The summed E-state index contributed by atoms with van der Waals surface area (Å²) >= 11 is 0. The van der Waals surface area contributed by atoms with Crippen molar-refractivity contribution in [1.29, 1.82) is 0 Å². The molecule has 3 heteroatoms. The van der Waals surface area contributed by atoms with E-state index in [1.165, 1.54) is 5.56 Å². The molecule has 25 heavy (non-hydrogen) atoms. The van der Waals surface area contributed by atoms with Crippen LogP contribution in [0.3, 0.4) is 0 Å². The van der Waals surface area contributed by atoms with Crippen LogP contribution < -0.4 is 5.43 Å². The quantitative estimate of drug-likeness (QED) is 0.538. The maximum atomic E-state index is 12.2. The fourth-order valence-electron chi connectivity index (χ4n) is 2.71. The van der Waals surface area contributed by atoms with Crippen molar-refractivity contribution in [2.45, 2.75) is 26.2 Å². The third kappa shape index (κ3) is 3.94. The van der Waals surface area contributed by atoms with Gasteiger partial charge in [0, 0.05) is 11.1 Å². The second-order valence-corrected chi connectivity index (χ2v) is 7.09. The van der Waals surface area contributed by atoms with Gasteiger partial charge in [0.2, 0.25) is 0 Å². The van der Waals surface area contributed by atoms with Gasteiger partial charge in [-0.2, -0.15) is 5.10 Å². The van der Waals surface area contributed by atoms with Crippen LogP contribution in [0, 0.1) is 0 Å². The normalized spacial score (nSPS) is 11.8. The van der Waals surface area contributed by atoms with Crippen molar-refractivity contribution < 1.29 is 4.79 Å². The molecule has 3 aromatic rings. The topological polar surface area (TPSA) is 41.5 Å². The van der Waals surface area contributed by atoms with Gasteiger partial charge < -0.3 is 0 Å². The molecular formula is C22H22N2O. The number of nitrogens with one attached hydrogen (secondary N) is 1. The lowest BCUT2D eigenvalue weighted by Gasteiger charge is -2.18. The first kappa shape index (κ1) is 16.9. The zero-order valence-electron chi connectivity index (χ0n) is 14.8. The average Bonchev–Trinajstić information content (AvgIpc) is 2.61. The summed E-state index contributed by atoms with van der Waals surface area (Å²) in [7, 11) is 0. The van der Waals surface area contributed by atoms with Gasteiger partial charge in [0.25, 0.3) is 5.91 Å². The molecule has 0 aliphatic rings. The van der Waals surface area contributed by atoms with E-state index in [1.807, 2.05) is 54.6 Å². The van der Waals surface area contributed by atoms with Gasteiger partial charge in [-0.1, -0.05) is 75.4 Å². The van der Waals surface area contributed by atoms with Gasteiger partial charge in [0.1, 0.15) is 0 Å². The minimum atomic E-state index is -0.211. The van der Waals surface area contributed by atoms with Gasteiger partial charge in [-0.15, -0.1) is 0 Å². The monoisotopic (exact) mass is 330 g/mol. The van der Waals surface area contributed by atoms with Crippen molar-refractivity contribution in [3.63, 3.8) is 0 Å². The number of hydrogen-bond donors (Lipinski definition) is 1. The molecule has 0 heterocycles. The lowest BCUT2D eigenvalue weighted by molar-refractivity contribution is 0.0955. The first-order valence-electron chi connectivity index (χ1n) is 8.37. The molecule has 1 amide bonds. The standard InChI is InChI=1S/C22H22N2O/c1-22(2,3)19-13-11-17(12-14-19)21(25)24-23-15-18-9-6-8-16-7-4-5-10-20(16)18/h4-15H,1-3H3,(H,24,25)/b23-15+. The number of nitrogens with zero attached hydrogens (tertiary/aromatic N) is 1. The summed E-state index contributed by atoms with van der Waals surface area (Å²) in [6, 6.07) is 21.8. The van der Waals surface area contributed by atoms with E-state index in [4.69, 9.17) is 0 Å². The van der Waals surface area contributed by atoms with E-state index in [0.29, 0.717) is 5.56 Å². The Morgan fingerprint density at radius 2 is 1.60 bits per heavy atom. The molecule has 0 unspecified atom stereocenters. The highest BCUT2D eigenvalue weighted by Crippen LogP contribution is 2.22. The number of carbonyl (C=O) groups excluding carboxylic acids is 1. The molecule has 0 spiro atoms. The molecule has 3 rings (SSSR count). The maximum absolute atomic E-state index is 12.2. The van der Waals surface area contributed by atoms with Gasteiger partial charge in [-0.3, -0.25) is 4.79 Å². The molecule has 0 saturated heterocycles. The third-order valence-electron chi connectivity index (χ3n) is 4.21. The van der Waals surface area contributed by atoms with E-state index < -0.39 is 0 Å². The van der Waals surface area contributed by atoms with Crippen LogP contribution in [0.15, 0.2) is 71.8 Å². The summed E-state index contributed by atoms with van der Waals surface area (Å²) in [6.45, 7) is 6.45. The Morgan fingerprint density at radius 3 is 2.32 bits per heavy atom. The van der Waals surface area contributed by atoms with Gasteiger partial charge in [-0.25, -0.2) is 5.43 Å². The van der Waals surface area contributed by atoms with Crippen molar-refractivity contribution in [3.8, 4) is 0 Å². The number of fused-ring (bicyclic) bond motifs is 1. The molecule has 1 N–H and O–H groups in total. The number of carbonyl (C=O) groups is 1. The van der Waals surface area contributed by atoms with E-state index in [-0.39, 0.29) is 11.3 Å². The number of rotatable bonds is 3. The zero-order valence-corrected chi connectivity index (χ0v) is 14.8.